The highest BCUT2D eigenvalue weighted by atomic mass is 127. The predicted molar refractivity (Wildman–Crippen MR) is 147 cm³/mol. The second kappa shape index (κ2) is 15.0. The summed E-state index contributed by atoms with van der Waals surface area (Å²) in [5.74, 6) is 1.70. The number of ether oxygens (including phenoxy) is 2. The van der Waals surface area contributed by atoms with E-state index in [0.29, 0.717) is 13.2 Å². The Morgan fingerprint density at radius 1 is 1.06 bits per heavy atom. The number of likely N-dealkylation sites (tertiary alicyclic amines) is 1. The van der Waals surface area contributed by atoms with Crippen molar-refractivity contribution < 1.29 is 9.47 Å². The molecule has 8 heteroatoms. The van der Waals surface area contributed by atoms with E-state index in [0.717, 1.165) is 43.6 Å². The maximum Gasteiger partial charge on any atom is 0.191 e. The van der Waals surface area contributed by atoms with Gasteiger partial charge in [0.05, 0.1) is 19.8 Å². The van der Waals surface area contributed by atoms with E-state index in [4.69, 9.17) is 9.47 Å². The third-order valence-corrected chi connectivity index (χ3v) is 5.80. The van der Waals surface area contributed by atoms with Gasteiger partial charge in [0, 0.05) is 39.5 Å². The minimum absolute atomic E-state index is 0. The molecule has 7 nitrogen and oxygen atoms in total. The third kappa shape index (κ3) is 8.68. The number of rotatable bonds is 11. The van der Waals surface area contributed by atoms with Crippen LogP contribution in [0.3, 0.4) is 0 Å². The van der Waals surface area contributed by atoms with E-state index in [1.807, 2.05) is 13.1 Å². The van der Waals surface area contributed by atoms with Crippen LogP contribution in [-0.2, 0) is 11.3 Å². The molecule has 1 atom stereocenters. The van der Waals surface area contributed by atoms with Crippen LogP contribution >= 0.6 is 24.0 Å². The summed E-state index contributed by atoms with van der Waals surface area (Å²) in [5.41, 5.74) is 3.57. The Balaban J connectivity index is 0.00000385. The minimum atomic E-state index is 0. The zero-order valence-electron chi connectivity index (χ0n) is 20.0. The molecule has 3 rings (SSSR count). The largest absolute Gasteiger partial charge is 0.497 e. The summed E-state index contributed by atoms with van der Waals surface area (Å²) in [6, 6.07) is 17.1. The van der Waals surface area contributed by atoms with E-state index < -0.39 is 0 Å². The standard InChI is InChI=1S/C25H37N5O2.HI/c1-26-25(28-18-20-9-11-22(12-10-20)27-13-16-31-2)29-19-24(30-14-4-5-15-30)21-7-6-8-23(17-21)32-3;/h6-12,17,24,27H,4-5,13-16,18-19H2,1-3H3,(H2,26,28,29);1H. The van der Waals surface area contributed by atoms with Gasteiger partial charge in [-0.3, -0.25) is 9.89 Å². The topological polar surface area (TPSA) is 70.2 Å². The van der Waals surface area contributed by atoms with Crippen LogP contribution in [0.4, 0.5) is 5.69 Å². The number of hydrogen-bond acceptors (Lipinski definition) is 5. The lowest BCUT2D eigenvalue weighted by atomic mass is 10.1. The number of hydrogen-bond donors (Lipinski definition) is 3. The van der Waals surface area contributed by atoms with Crippen LogP contribution in [0.2, 0.25) is 0 Å². The first kappa shape index (κ1) is 27.2. The number of methoxy groups -OCH3 is 2. The summed E-state index contributed by atoms with van der Waals surface area (Å²) >= 11 is 0. The molecule has 1 saturated heterocycles. The quantitative estimate of drug-likeness (QED) is 0.166. The Hall–Kier alpha value is -2.04. The molecule has 0 bridgehead atoms. The molecule has 0 aromatic heterocycles. The molecule has 33 heavy (non-hydrogen) atoms. The number of aliphatic imine (C=N–C) groups is 1. The lowest BCUT2D eigenvalue weighted by molar-refractivity contribution is 0.211. The second-order valence-corrected chi connectivity index (χ2v) is 7.96. The van der Waals surface area contributed by atoms with Gasteiger partial charge in [-0.05, 0) is 61.3 Å². The van der Waals surface area contributed by atoms with Gasteiger partial charge in [-0.1, -0.05) is 24.3 Å². The number of halogens is 1. The van der Waals surface area contributed by atoms with E-state index in [9.17, 15) is 0 Å². The Kier molecular flexibility index (Phi) is 12.3. The van der Waals surface area contributed by atoms with Crippen LogP contribution in [0.25, 0.3) is 0 Å². The molecule has 0 amide bonds. The summed E-state index contributed by atoms with van der Waals surface area (Å²) in [5, 5.41) is 10.3. The maximum atomic E-state index is 5.45. The van der Waals surface area contributed by atoms with E-state index >= 15 is 0 Å². The molecule has 1 heterocycles. The first-order valence-corrected chi connectivity index (χ1v) is 11.4. The van der Waals surface area contributed by atoms with E-state index in [2.05, 4.69) is 68.3 Å². The van der Waals surface area contributed by atoms with Crippen molar-refractivity contribution in [2.45, 2.75) is 25.4 Å². The average molecular weight is 568 g/mol. The van der Waals surface area contributed by atoms with Crippen molar-refractivity contribution in [1.29, 1.82) is 0 Å². The van der Waals surface area contributed by atoms with Gasteiger partial charge >= 0.3 is 0 Å². The van der Waals surface area contributed by atoms with Crippen LogP contribution in [-0.4, -0.2) is 64.9 Å². The number of guanidine groups is 1. The first-order valence-electron chi connectivity index (χ1n) is 11.4. The highest BCUT2D eigenvalue weighted by Gasteiger charge is 2.24. The lowest BCUT2D eigenvalue weighted by Crippen LogP contribution is -2.42. The number of anilines is 1. The Bertz CT molecular complexity index is 841. The van der Waals surface area contributed by atoms with Crippen LogP contribution in [0.15, 0.2) is 53.5 Å². The van der Waals surface area contributed by atoms with Gasteiger partial charge in [-0.25, -0.2) is 0 Å². The van der Waals surface area contributed by atoms with Crippen molar-refractivity contribution in [2.75, 3.05) is 59.4 Å². The van der Waals surface area contributed by atoms with Gasteiger partial charge in [0.15, 0.2) is 5.96 Å². The summed E-state index contributed by atoms with van der Waals surface area (Å²) in [6.45, 7) is 5.25. The van der Waals surface area contributed by atoms with Gasteiger partial charge in [0.2, 0.25) is 0 Å². The summed E-state index contributed by atoms with van der Waals surface area (Å²) in [4.78, 5) is 6.97. The molecule has 0 saturated carbocycles. The van der Waals surface area contributed by atoms with E-state index in [-0.39, 0.29) is 30.0 Å². The predicted octanol–water partition coefficient (Wildman–Crippen LogP) is 3.87. The molecule has 0 radical (unpaired) electrons. The molecular weight excluding hydrogens is 529 g/mol. The molecule has 1 unspecified atom stereocenters. The monoisotopic (exact) mass is 567 g/mol. The molecule has 0 spiro atoms. The highest BCUT2D eigenvalue weighted by molar-refractivity contribution is 14.0. The third-order valence-electron chi connectivity index (χ3n) is 5.80. The number of nitrogens with one attached hydrogen (secondary N) is 3. The summed E-state index contributed by atoms with van der Waals surface area (Å²) < 4.78 is 10.5. The fourth-order valence-electron chi connectivity index (χ4n) is 4.00. The normalized spacial score (nSPS) is 14.9. The molecule has 3 N–H and O–H groups in total. The van der Waals surface area contributed by atoms with Gasteiger partial charge in [0.25, 0.3) is 0 Å². The first-order chi connectivity index (χ1) is 15.7. The summed E-state index contributed by atoms with van der Waals surface area (Å²) in [7, 11) is 5.24. The molecule has 2 aromatic carbocycles. The summed E-state index contributed by atoms with van der Waals surface area (Å²) in [6.07, 6.45) is 2.51. The SMILES string of the molecule is CN=C(NCc1ccc(NCCOC)cc1)NCC(c1cccc(OC)c1)N1CCCC1.I. The van der Waals surface area contributed by atoms with Crippen molar-refractivity contribution in [2.24, 2.45) is 4.99 Å². The van der Waals surface area contributed by atoms with Crippen molar-refractivity contribution in [3.8, 4) is 5.75 Å². The van der Waals surface area contributed by atoms with E-state index in [1.54, 1.807) is 14.2 Å². The van der Waals surface area contributed by atoms with E-state index in [1.165, 1.54) is 24.0 Å². The van der Waals surface area contributed by atoms with Crippen LogP contribution in [0, 0.1) is 0 Å². The molecule has 0 aliphatic carbocycles. The molecular formula is C25H38IN5O2. The number of benzene rings is 2. The molecule has 1 aliphatic heterocycles. The zero-order valence-corrected chi connectivity index (χ0v) is 22.3. The Morgan fingerprint density at radius 2 is 1.82 bits per heavy atom. The maximum absolute atomic E-state index is 5.45. The Labute approximate surface area is 215 Å². The fourth-order valence-corrected chi connectivity index (χ4v) is 4.00. The fraction of sp³-hybridized carbons (Fsp3) is 0.480. The average Bonchev–Trinajstić information content (AvgIpc) is 3.37. The molecule has 2 aromatic rings. The second-order valence-electron chi connectivity index (χ2n) is 7.96. The van der Waals surface area contributed by atoms with Gasteiger partial charge < -0.3 is 25.4 Å². The van der Waals surface area contributed by atoms with Crippen LogP contribution in [0.5, 0.6) is 5.75 Å². The zero-order chi connectivity index (χ0) is 22.6. The molecule has 1 fully saturated rings. The number of nitrogens with zero attached hydrogens (tertiary/aromatic N) is 2. The van der Waals surface area contributed by atoms with Crippen molar-refractivity contribution in [3.05, 3.63) is 59.7 Å². The Morgan fingerprint density at radius 3 is 2.48 bits per heavy atom. The molecule has 182 valence electrons. The van der Waals surface area contributed by atoms with Gasteiger partial charge in [-0.15, -0.1) is 24.0 Å². The van der Waals surface area contributed by atoms with Crippen molar-refractivity contribution >= 4 is 35.6 Å². The highest BCUT2D eigenvalue weighted by Crippen LogP contribution is 2.27. The van der Waals surface area contributed by atoms with Gasteiger partial charge in [-0.2, -0.15) is 0 Å². The van der Waals surface area contributed by atoms with Crippen LogP contribution in [0.1, 0.15) is 30.0 Å². The minimum Gasteiger partial charge on any atom is -0.497 e. The van der Waals surface area contributed by atoms with Crippen molar-refractivity contribution in [3.63, 3.8) is 0 Å². The van der Waals surface area contributed by atoms with Gasteiger partial charge in [0.1, 0.15) is 5.75 Å². The smallest absolute Gasteiger partial charge is 0.191 e. The van der Waals surface area contributed by atoms with Crippen molar-refractivity contribution in [1.82, 2.24) is 15.5 Å². The lowest BCUT2D eigenvalue weighted by Gasteiger charge is -2.29. The molecule has 1 aliphatic rings. The van der Waals surface area contributed by atoms with Crippen LogP contribution < -0.4 is 20.7 Å².